The third kappa shape index (κ3) is 2.38. The zero-order valence-corrected chi connectivity index (χ0v) is 11.2. The molecule has 0 aromatic heterocycles. The van der Waals surface area contributed by atoms with Crippen LogP contribution in [-0.2, 0) is 19.3 Å². The Hall–Kier alpha value is -0.470. The van der Waals surface area contributed by atoms with E-state index in [-0.39, 0.29) is 0 Å². The number of hydrogen-bond donors (Lipinski definition) is 1. The Kier molecular flexibility index (Phi) is 2.95. The first-order valence-electron chi connectivity index (χ1n) is 6.59. The number of aliphatic hydroxyl groups is 1. The van der Waals surface area contributed by atoms with Gasteiger partial charge in [-0.1, -0.05) is 25.1 Å². The summed E-state index contributed by atoms with van der Waals surface area (Å²) >= 11 is 1.90. The maximum atomic E-state index is 10.5. The van der Waals surface area contributed by atoms with E-state index >= 15 is 0 Å². The molecule has 92 valence electrons. The molecule has 2 atom stereocenters. The van der Waals surface area contributed by atoms with Crippen molar-refractivity contribution in [3.05, 3.63) is 34.9 Å². The van der Waals surface area contributed by atoms with E-state index in [1.54, 1.807) is 0 Å². The summed E-state index contributed by atoms with van der Waals surface area (Å²) in [5.74, 6) is 0.894. The van der Waals surface area contributed by atoms with Crippen molar-refractivity contribution in [2.75, 3.05) is 5.75 Å². The van der Waals surface area contributed by atoms with Crippen LogP contribution in [0.1, 0.15) is 36.5 Å². The molecule has 3 rings (SSSR count). The Morgan fingerprint density at radius 2 is 2.18 bits per heavy atom. The lowest BCUT2D eigenvalue weighted by molar-refractivity contribution is 0.0642. The van der Waals surface area contributed by atoms with Crippen LogP contribution in [0.15, 0.2) is 18.2 Å². The van der Waals surface area contributed by atoms with Gasteiger partial charge in [0.2, 0.25) is 0 Å². The first-order chi connectivity index (χ1) is 8.15. The van der Waals surface area contributed by atoms with Gasteiger partial charge in [0.05, 0.1) is 5.60 Å². The summed E-state index contributed by atoms with van der Waals surface area (Å²) < 4.78 is 0. The summed E-state index contributed by atoms with van der Waals surface area (Å²) in [6, 6.07) is 6.82. The molecular weight excluding hydrogens is 228 g/mol. The topological polar surface area (TPSA) is 20.2 Å². The van der Waals surface area contributed by atoms with Crippen molar-refractivity contribution in [2.45, 2.75) is 49.9 Å². The molecular formula is C15H20OS. The van der Waals surface area contributed by atoms with Crippen LogP contribution in [0, 0.1) is 0 Å². The van der Waals surface area contributed by atoms with Crippen LogP contribution in [0.2, 0.25) is 0 Å². The van der Waals surface area contributed by atoms with E-state index < -0.39 is 5.60 Å². The second kappa shape index (κ2) is 4.33. The summed E-state index contributed by atoms with van der Waals surface area (Å²) in [6.45, 7) is 2.21. The second-order valence-corrected chi connectivity index (χ2v) is 7.11. The highest BCUT2D eigenvalue weighted by Gasteiger charge is 2.36. The molecule has 1 saturated heterocycles. The van der Waals surface area contributed by atoms with Gasteiger partial charge in [-0.25, -0.2) is 0 Å². The first kappa shape index (κ1) is 11.6. The second-order valence-electron chi connectivity index (χ2n) is 5.68. The quantitative estimate of drug-likeness (QED) is 0.868. The van der Waals surface area contributed by atoms with Gasteiger partial charge in [-0.15, -0.1) is 0 Å². The van der Waals surface area contributed by atoms with Gasteiger partial charge in [0, 0.05) is 17.4 Å². The van der Waals surface area contributed by atoms with E-state index in [0.29, 0.717) is 5.25 Å². The number of rotatable bonds is 2. The van der Waals surface area contributed by atoms with Gasteiger partial charge in [-0.05, 0) is 42.4 Å². The first-order valence-corrected chi connectivity index (χ1v) is 7.64. The average molecular weight is 248 g/mol. The van der Waals surface area contributed by atoms with Crippen molar-refractivity contribution >= 4 is 11.8 Å². The molecule has 1 aromatic rings. The number of hydrogen-bond acceptors (Lipinski definition) is 2. The predicted octanol–water partition coefficient (Wildman–Crippen LogP) is 2.97. The normalized spacial score (nSPS) is 31.8. The lowest BCUT2D eigenvalue weighted by Crippen LogP contribution is -2.31. The lowest BCUT2D eigenvalue weighted by atomic mass is 9.91. The largest absolute Gasteiger partial charge is 0.389 e. The minimum Gasteiger partial charge on any atom is -0.389 e. The van der Waals surface area contributed by atoms with Gasteiger partial charge in [0.15, 0.2) is 0 Å². The van der Waals surface area contributed by atoms with E-state index in [1.807, 2.05) is 11.8 Å². The van der Waals surface area contributed by atoms with Crippen LogP contribution in [0.3, 0.4) is 0 Å². The maximum absolute atomic E-state index is 10.5. The molecule has 0 bridgehead atoms. The van der Waals surface area contributed by atoms with Crippen molar-refractivity contribution < 1.29 is 5.11 Å². The summed E-state index contributed by atoms with van der Waals surface area (Å²) in [5, 5.41) is 11.1. The van der Waals surface area contributed by atoms with Crippen molar-refractivity contribution in [1.82, 2.24) is 0 Å². The Balaban J connectivity index is 1.77. The van der Waals surface area contributed by atoms with Crippen LogP contribution in [0.4, 0.5) is 0 Å². The molecule has 1 aromatic carbocycles. The Morgan fingerprint density at radius 3 is 2.94 bits per heavy atom. The fourth-order valence-corrected chi connectivity index (χ4v) is 4.43. The van der Waals surface area contributed by atoms with Gasteiger partial charge in [-0.3, -0.25) is 0 Å². The highest BCUT2D eigenvalue weighted by molar-refractivity contribution is 8.00. The van der Waals surface area contributed by atoms with Gasteiger partial charge in [0.25, 0.3) is 0 Å². The number of thioether (sulfide) groups is 1. The fourth-order valence-electron chi connectivity index (χ4n) is 3.19. The van der Waals surface area contributed by atoms with E-state index in [9.17, 15) is 5.11 Å². The molecule has 17 heavy (non-hydrogen) atoms. The molecule has 1 aliphatic carbocycles. The van der Waals surface area contributed by atoms with E-state index in [1.165, 1.54) is 36.0 Å². The summed E-state index contributed by atoms with van der Waals surface area (Å²) in [4.78, 5) is 0. The molecule has 0 amide bonds. The van der Waals surface area contributed by atoms with Crippen LogP contribution >= 0.6 is 11.8 Å². The third-order valence-electron chi connectivity index (χ3n) is 4.00. The Bertz CT molecular complexity index is 429. The SMILES string of the molecule is CC1CC(O)(Cc2ccc3c(c2)CCC3)CS1. The van der Waals surface area contributed by atoms with Crippen LogP contribution in [-0.4, -0.2) is 21.7 Å². The Labute approximate surface area is 108 Å². The number of aryl methyl sites for hydroxylation is 2. The predicted molar refractivity (Wildman–Crippen MR) is 73.7 cm³/mol. The van der Waals surface area contributed by atoms with Crippen molar-refractivity contribution in [1.29, 1.82) is 0 Å². The highest BCUT2D eigenvalue weighted by Crippen LogP contribution is 2.37. The number of fused-ring (bicyclic) bond motifs is 1. The van der Waals surface area contributed by atoms with Crippen molar-refractivity contribution in [3.63, 3.8) is 0 Å². The zero-order valence-electron chi connectivity index (χ0n) is 10.4. The summed E-state index contributed by atoms with van der Waals surface area (Å²) in [5.41, 5.74) is 3.90. The minimum atomic E-state index is -0.461. The standard InChI is InChI=1S/C15H20OS/c1-11-8-15(16,10-17-11)9-12-5-6-13-3-2-4-14(13)7-12/h5-7,11,16H,2-4,8-10H2,1H3. The zero-order chi connectivity index (χ0) is 11.9. The van der Waals surface area contributed by atoms with Gasteiger partial charge in [0.1, 0.15) is 0 Å². The third-order valence-corrected chi connectivity index (χ3v) is 5.44. The molecule has 0 spiro atoms. The molecule has 1 heterocycles. The molecule has 1 N–H and O–H groups in total. The van der Waals surface area contributed by atoms with Crippen LogP contribution in [0.25, 0.3) is 0 Å². The summed E-state index contributed by atoms with van der Waals surface area (Å²) in [6.07, 6.45) is 5.54. The highest BCUT2D eigenvalue weighted by atomic mass is 32.2. The molecule has 2 heteroatoms. The molecule has 2 unspecified atom stereocenters. The van der Waals surface area contributed by atoms with Crippen molar-refractivity contribution in [2.24, 2.45) is 0 Å². The van der Waals surface area contributed by atoms with Crippen molar-refractivity contribution in [3.8, 4) is 0 Å². The molecule has 0 radical (unpaired) electrons. The van der Waals surface area contributed by atoms with E-state index in [2.05, 4.69) is 25.1 Å². The maximum Gasteiger partial charge on any atom is 0.0788 e. The lowest BCUT2D eigenvalue weighted by Gasteiger charge is -2.22. The van der Waals surface area contributed by atoms with Gasteiger partial charge in [-0.2, -0.15) is 11.8 Å². The van der Waals surface area contributed by atoms with E-state index in [4.69, 9.17) is 0 Å². The molecule has 0 saturated carbocycles. The monoisotopic (exact) mass is 248 g/mol. The molecule has 1 aliphatic heterocycles. The minimum absolute atomic E-state index is 0.461. The number of benzene rings is 1. The smallest absolute Gasteiger partial charge is 0.0788 e. The molecule has 2 aliphatic rings. The average Bonchev–Trinajstić information content (AvgIpc) is 2.85. The van der Waals surface area contributed by atoms with Crippen LogP contribution in [0.5, 0.6) is 0 Å². The fraction of sp³-hybridized carbons (Fsp3) is 0.600. The molecule has 1 fully saturated rings. The molecule has 1 nitrogen and oxygen atoms in total. The van der Waals surface area contributed by atoms with Gasteiger partial charge < -0.3 is 5.11 Å². The van der Waals surface area contributed by atoms with Crippen LogP contribution < -0.4 is 0 Å². The summed E-state index contributed by atoms with van der Waals surface area (Å²) in [7, 11) is 0. The van der Waals surface area contributed by atoms with Gasteiger partial charge >= 0.3 is 0 Å². The Morgan fingerprint density at radius 1 is 1.35 bits per heavy atom. The van der Waals surface area contributed by atoms with E-state index in [0.717, 1.165) is 18.6 Å².